The highest BCUT2D eigenvalue weighted by molar-refractivity contribution is 8.09. The van der Waals surface area contributed by atoms with E-state index in [-0.39, 0.29) is 10.2 Å². The van der Waals surface area contributed by atoms with E-state index in [2.05, 4.69) is 0 Å². The van der Waals surface area contributed by atoms with Gasteiger partial charge in [-0.15, -0.1) is 11.8 Å². The van der Waals surface area contributed by atoms with Crippen LogP contribution in [-0.4, -0.2) is 19.9 Å². The van der Waals surface area contributed by atoms with Gasteiger partial charge in [0.1, 0.15) is 10.7 Å². The van der Waals surface area contributed by atoms with E-state index < -0.39 is 4.93 Å². The Bertz CT molecular complexity index is 351. The van der Waals surface area contributed by atoms with Gasteiger partial charge in [-0.05, 0) is 30.1 Å². The first-order valence-corrected chi connectivity index (χ1v) is 5.58. The highest BCUT2D eigenvalue weighted by Gasteiger charge is 2.65. The average Bonchev–Trinajstić information content (AvgIpc) is 2.48. The zero-order chi connectivity index (χ0) is 10.8. The van der Waals surface area contributed by atoms with Gasteiger partial charge in [0, 0.05) is 0 Å². The van der Waals surface area contributed by atoms with Crippen LogP contribution in [-0.2, 0) is 0 Å². The van der Waals surface area contributed by atoms with E-state index in [1.54, 1.807) is 12.2 Å². The lowest BCUT2D eigenvalue weighted by Gasteiger charge is -2.27. The van der Waals surface area contributed by atoms with Crippen molar-refractivity contribution in [1.82, 2.24) is 0 Å². The number of allylic oxidation sites excluding steroid dienone is 1. The van der Waals surface area contributed by atoms with Crippen LogP contribution in [0.25, 0.3) is 0 Å². The summed E-state index contributed by atoms with van der Waals surface area (Å²) in [6, 6.07) is 0. The summed E-state index contributed by atoms with van der Waals surface area (Å²) in [6.45, 7) is 8.02. The Balaban J connectivity index is 2.43. The second kappa shape index (κ2) is 2.39. The molecule has 0 aromatic heterocycles. The molecule has 1 saturated heterocycles. The maximum atomic E-state index is 10.1. The zero-order valence-corrected chi connectivity index (χ0v) is 9.77. The number of hydrogen-bond acceptors (Lipinski definition) is 3. The first kappa shape index (κ1) is 10.1. The Hall–Kier alpha value is -0.410. The van der Waals surface area contributed by atoms with E-state index in [1.807, 2.05) is 27.7 Å². The van der Waals surface area contributed by atoms with Crippen molar-refractivity contribution in [2.24, 2.45) is 5.41 Å². The third-order valence-corrected chi connectivity index (χ3v) is 4.38. The lowest BCUT2D eigenvalue weighted by molar-refractivity contribution is 0.195. The molecule has 78 valence electrons. The number of fused-ring (bicyclic) bond motifs is 1. The Kier molecular flexibility index (Phi) is 1.73. The van der Waals surface area contributed by atoms with E-state index in [9.17, 15) is 10.2 Å². The number of hydrogen-bond donors (Lipinski definition) is 2. The molecular weight excluding hydrogens is 196 g/mol. The van der Waals surface area contributed by atoms with Gasteiger partial charge in [0.25, 0.3) is 0 Å². The third kappa shape index (κ3) is 1.22. The number of thioether (sulfide) groups is 1. The smallest absolute Gasteiger partial charge is 0.148 e. The van der Waals surface area contributed by atoms with Crippen molar-refractivity contribution in [2.45, 2.75) is 37.4 Å². The van der Waals surface area contributed by atoms with Crippen molar-refractivity contribution in [3.63, 3.8) is 0 Å². The Morgan fingerprint density at radius 1 is 1.29 bits per heavy atom. The van der Waals surface area contributed by atoms with Gasteiger partial charge < -0.3 is 10.2 Å². The molecule has 0 radical (unpaired) electrons. The van der Waals surface area contributed by atoms with E-state index >= 15 is 0 Å². The molecule has 2 N–H and O–H groups in total. The normalized spacial score (nSPS) is 41.2. The van der Waals surface area contributed by atoms with Gasteiger partial charge in [-0.25, -0.2) is 0 Å². The fourth-order valence-electron chi connectivity index (χ4n) is 1.81. The van der Waals surface area contributed by atoms with Crippen LogP contribution in [0.2, 0.25) is 0 Å². The predicted octanol–water partition coefficient (Wildman–Crippen LogP) is 2.61. The van der Waals surface area contributed by atoms with Crippen molar-refractivity contribution in [2.75, 3.05) is 0 Å². The van der Waals surface area contributed by atoms with Crippen molar-refractivity contribution < 1.29 is 10.2 Å². The van der Waals surface area contributed by atoms with Crippen LogP contribution in [0.3, 0.4) is 0 Å². The molecule has 14 heavy (non-hydrogen) atoms. The quantitative estimate of drug-likeness (QED) is 0.606. The van der Waals surface area contributed by atoms with E-state index in [0.29, 0.717) is 5.76 Å². The highest BCUT2D eigenvalue weighted by Crippen LogP contribution is 2.66. The second-order valence-electron chi connectivity index (χ2n) is 5.24. The SMILES string of the molecule is CC(C)(C)C1=CC2(O)SC2(C)C=C1O. The lowest BCUT2D eigenvalue weighted by Crippen LogP contribution is -2.27. The Morgan fingerprint density at radius 3 is 2.36 bits per heavy atom. The molecule has 2 unspecified atom stereocenters. The molecule has 0 spiro atoms. The second-order valence-corrected chi connectivity index (χ2v) is 6.92. The average molecular weight is 212 g/mol. The van der Waals surface area contributed by atoms with Gasteiger partial charge in [-0.1, -0.05) is 20.8 Å². The first-order valence-electron chi connectivity index (χ1n) is 4.76. The van der Waals surface area contributed by atoms with Crippen molar-refractivity contribution in [1.29, 1.82) is 0 Å². The molecule has 0 aromatic rings. The van der Waals surface area contributed by atoms with Gasteiger partial charge in [-0.2, -0.15) is 0 Å². The molecule has 1 heterocycles. The van der Waals surface area contributed by atoms with Gasteiger partial charge in [0.05, 0.1) is 4.75 Å². The lowest BCUT2D eigenvalue weighted by atomic mass is 9.80. The number of aliphatic hydroxyl groups is 2. The van der Waals surface area contributed by atoms with Gasteiger partial charge >= 0.3 is 0 Å². The molecule has 2 rings (SSSR count). The van der Waals surface area contributed by atoms with Crippen LogP contribution in [0.1, 0.15) is 27.7 Å². The summed E-state index contributed by atoms with van der Waals surface area (Å²) in [4.78, 5) is -0.790. The van der Waals surface area contributed by atoms with Crippen LogP contribution >= 0.6 is 11.8 Å². The Morgan fingerprint density at radius 2 is 1.86 bits per heavy atom. The van der Waals surface area contributed by atoms with Crippen LogP contribution in [0, 0.1) is 5.41 Å². The summed E-state index contributed by atoms with van der Waals surface area (Å²) in [5.41, 5.74) is 0.711. The maximum absolute atomic E-state index is 10.1. The van der Waals surface area contributed by atoms with Crippen LogP contribution in [0.4, 0.5) is 0 Å². The van der Waals surface area contributed by atoms with Crippen LogP contribution in [0.15, 0.2) is 23.5 Å². The molecule has 2 nitrogen and oxygen atoms in total. The molecule has 0 aromatic carbocycles. The molecule has 1 aliphatic heterocycles. The fourth-order valence-corrected chi connectivity index (χ4v) is 2.87. The van der Waals surface area contributed by atoms with Crippen molar-refractivity contribution in [3.8, 4) is 0 Å². The molecule has 0 saturated carbocycles. The van der Waals surface area contributed by atoms with E-state index in [4.69, 9.17) is 0 Å². The highest BCUT2D eigenvalue weighted by atomic mass is 32.2. The fraction of sp³-hybridized carbons (Fsp3) is 0.636. The summed E-state index contributed by atoms with van der Waals surface area (Å²) in [5, 5.41) is 19.9. The molecule has 0 amide bonds. The van der Waals surface area contributed by atoms with Crippen LogP contribution < -0.4 is 0 Å². The minimum Gasteiger partial charge on any atom is -0.508 e. The van der Waals surface area contributed by atoms with Crippen LogP contribution in [0.5, 0.6) is 0 Å². The minimum absolute atomic E-state index is 0.124. The van der Waals surface area contributed by atoms with E-state index in [1.165, 1.54) is 11.8 Å². The summed E-state index contributed by atoms with van der Waals surface area (Å²) < 4.78 is -0.314. The summed E-state index contributed by atoms with van der Waals surface area (Å²) in [5.74, 6) is 0.315. The first-order chi connectivity index (χ1) is 6.18. The summed E-state index contributed by atoms with van der Waals surface area (Å²) >= 11 is 1.47. The molecular formula is C11H16O2S. The standard InChI is InChI=1S/C11H16O2S/c1-9(2,3)7-5-11(13)10(4,14-11)6-8(7)12/h5-6,12-13H,1-4H3. The van der Waals surface area contributed by atoms with Gasteiger partial charge in [0.2, 0.25) is 0 Å². The monoisotopic (exact) mass is 212 g/mol. The minimum atomic E-state index is -0.790. The van der Waals surface area contributed by atoms with Gasteiger partial charge in [0.15, 0.2) is 0 Å². The van der Waals surface area contributed by atoms with Gasteiger partial charge in [-0.3, -0.25) is 0 Å². The van der Waals surface area contributed by atoms with Crippen molar-refractivity contribution in [3.05, 3.63) is 23.5 Å². The molecule has 2 atom stereocenters. The van der Waals surface area contributed by atoms with E-state index in [0.717, 1.165) is 5.57 Å². The molecule has 1 fully saturated rings. The molecule has 3 heteroatoms. The molecule has 1 aliphatic carbocycles. The number of aliphatic hydroxyl groups excluding tert-OH is 1. The molecule has 2 aliphatic rings. The molecule has 0 bridgehead atoms. The summed E-state index contributed by atoms with van der Waals surface area (Å²) in [6.07, 6.45) is 3.56. The third-order valence-electron chi connectivity index (χ3n) is 2.87. The predicted molar refractivity (Wildman–Crippen MR) is 59.2 cm³/mol. The number of rotatable bonds is 0. The maximum Gasteiger partial charge on any atom is 0.148 e. The largest absolute Gasteiger partial charge is 0.508 e. The topological polar surface area (TPSA) is 40.5 Å². The zero-order valence-electron chi connectivity index (χ0n) is 8.96. The Labute approximate surface area is 88.7 Å². The summed E-state index contributed by atoms with van der Waals surface area (Å²) in [7, 11) is 0. The van der Waals surface area contributed by atoms with Crippen molar-refractivity contribution >= 4 is 11.8 Å².